The Morgan fingerprint density at radius 2 is 0.595 bits per heavy atom. The fraction of sp³-hybridized carbons (Fsp3) is 0.0133. The summed E-state index contributed by atoms with van der Waals surface area (Å²) in [4.78, 5) is 10.6. The topological polar surface area (TPSA) is 41.7 Å². The Morgan fingerprint density at radius 1 is 0.266 bits per heavy atom. The minimum atomic E-state index is -0.380. The summed E-state index contributed by atoms with van der Waals surface area (Å²) in [5.41, 5.74) is 22.9. The molecule has 1 aromatic heterocycles. The first-order valence-electron chi connectivity index (χ1n) is 27.0. The van der Waals surface area contributed by atoms with Crippen molar-refractivity contribution in [2.45, 2.75) is 6.17 Å². The molecular weight excluding hydrogens is 957 g/mol. The molecule has 0 amide bonds. The molecule has 372 valence electrons. The highest BCUT2D eigenvalue weighted by atomic mass is 15.2. The van der Waals surface area contributed by atoms with E-state index in [-0.39, 0.29) is 6.17 Å². The molecule has 13 aromatic rings. The van der Waals surface area contributed by atoms with Gasteiger partial charge in [-0.1, -0.05) is 255 Å². The van der Waals surface area contributed by atoms with Crippen molar-refractivity contribution in [3.63, 3.8) is 0 Å². The Kier molecular flexibility index (Phi) is 12.3. The normalized spacial score (nSPS) is 13.2. The summed E-state index contributed by atoms with van der Waals surface area (Å²) in [6, 6.07) is 109. The molecular formula is C75H52N4. The fourth-order valence-corrected chi connectivity index (χ4v) is 11.2. The van der Waals surface area contributed by atoms with Crippen LogP contribution < -0.4 is 5.32 Å². The van der Waals surface area contributed by atoms with Crippen LogP contribution in [0.15, 0.2) is 313 Å². The maximum Gasteiger partial charge on any atom is 0.159 e. The van der Waals surface area contributed by atoms with Gasteiger partial charge >= 0.3 is 0 Å². The molecule has 0 saturated carbocycles. The molecule has 1 aliphatic heterocycles. The van der Waals surface area contributed by atoms with Gasteiger partial charge in [0.2, 0.25) is 0 Å². The first kappa shape index (κ1) is 47.1. The van der Waals surface area contributed by atoms with E-state index in [0.29, 0.717) is 5.84 Å². The van der Waals surface area contributed by atoms with Crippen molar-refractivity contribution in [2.75, 3.05) is 0 Å². The fourth-order valence-electron chi connectivity index (χ4n) is 11.2. The predicted octanol–water partition coefficient (Wildman–Crippen LogP) is 18.9. The quantitative estimate of drug-likeness (QED) is 0.138. The van der Waals surface area contributed by atoms with Crippen molar-refractivity contribution in [2.24, 2.45) is 9.98 Å². The second-order valence-corrected chi connectivity index (χ2v) is 20.2. The third-order valence-electron chi connectivity index (χ3n) is 15.3. The lowest BCUT2D eigenvalue weighted by Gasteiger charge is -2.24. The van der Waals surface area contributed by atoms with E-state index in [1.807, 2.05) is 0 Å². The van der Waals surface area contributed by atoms with E-state index < -0.39 is 0 Å². The molecule has 12 aromatic carbocycles. The molecule has 0 fully saturated rings. The summed E-state index contributed by atoms with van der Waals surface area (Å²) in [5, 5.41) is 6.24. The lowest BCUT2D eigenvalue weighted by molar-refractivity contribution is 0.674. The number of aliphatic imine (C=N–C) groups is 2. The van der Waals surface area contributed by atoms with Gasteiger partial charge in [0.25, 0.3) is 0 Å². The zero-order valence-electron chi connectivity index (χ0n) is 43.3. The van der Waals surface area contributed by atoms with Crippen LogP contribution in [0.3, 0.4) is 0 Å². The van der Waals surface area contributed by atoms with Crippen LogP contribution in [0.2, 0.25) is 0 Å². The highest BCUT2D eigenvalue weighted by molar-refractivity contribution is 6.13. The first-order chi connectivity index (χ1) is 39.1. The van der Waals surface area contributed by atoms with Gasteiger partial charge in [-0.15, -0.1) is 0 Å². The maximum atomic E-state index is 5.34. The lowest BCUT2D eigenvalue weighted by atomic mass is 9.95. The molecule has 0 saturated heterocycles. The minimum Gasteiger partial charge on any atom is -0.344 e. The van der Waals surface area contributed by atoms with Crippen molar-refractivity contribution < 1.29 is 0 Å². The van der Waals surface area contributed by atoms with Crippen LogP contribution in [0.4, 0.5) is 0 Å². The lowest BCUT2D eigenvalue weighted by Crippen LogP contribution is -2.33. The number of aromatic nitrogens is 1. The molecule has 79 heavy (non-hydrogen) atoms. The zero-order chi connectivity index (χ0) is 52.5. The van der Waals surface area contributed by atoms with Crippen molar-refractivity contribution >= 4 is 33.5 Å². The van der Waals surface area contributed by atoms with E-state index in [1.165, 1.54) is 66.3 Å². The summed E-state index contributed by atoms with van der Waals surface area (Å²) in [7, 11) is 0. The van der Waals surface area contributed by atoms with Gasteiger partial charge in [-0.3, -0.25) is 0 Å². The molecule has 0 bridgehead atoms. The number of hydrogen-bond donors (Lipinski definition) is 1. The summed E-state index contributed by atoms with van der Waals surface area (Å²) in [5.74, 6) is 1.44. The number of nitrogens with zero attached hydrogens (tertiary/aromatic N) is 3. The van der Waals surface area contributed by atoms with E-state index in [1.54, 1.807) is 0 Å². The Hall–Kier alpha value is -10.4. The summed E-state index contributed by atoms with van der Waals surface area (Å²) >= 11 is 0. The van der Waals surface area contributed by atoms with Gasteiger partial charge in [-0.2, -0.15) is 0 Å². The zero-order valence-corrected chi connectivity index (χ0v) is 43.3. The van der Waals surface area contributed by atoms with E-state index in [2.05, 4.69) is 313 Å². The second-order valence-electron chi connectivity index (χ2n) is 20.2. The van der Waals surface area contributed by atoms with Gasteiger partial charge in [-0.05, 0) is 132 Å². The van der Waals surface area contributed by atoms with E-state index >= 15 is 0 Å². The third kappa shape index (κ3) is 9.43. The van der Waals surface area contributed by atoms with Gasteiger partial charge in [0.15, 0.2) is 5.84 Å². The van der Waals surface area contributed by atoms with Crippen LogP contribution in [0.25, 0.3) is 105 Å². The molecule has 0 radical (unpaired) electrons. The number of nitrogens with one attached hydrogen (secondary N) is 1. The Bertz CT molecular complexity index is 4360. The van der Waals surface area contributed by atoms with Crippen LogP contribution in [0.1, 0.15) is 22.9 Å². The van der Waals surface area contributed by atoms with Crippen molar-refractivity contribution in [1.29, 1.82) is 0 Å². The summed E-state index contributed by atoms with van der Waals surface area (Å²) in [6.45, 7) is 0. The SMILES string of the molecule is c1ccc(-c2cccc(-c3cccc(-c4ccc(C5=NC(c6ccc(-c7cccc(-n8c9ccccc9c9ccccc98)c7)cc6)=NC(c6ccc(-c7cccc(-c8cccc(-c9ccccc9)c8)c7)cc6)N5)cc4)c3)c2)cc1. The molecule has 4 heteroatoms. The largest absolute Gasteiger partial charge is 0.344 e. The highest BCUT2D eigenvalue weighted by Crippen LogP contribution is 2.36. The first-order valence-corrected chi connectivity index (χ1v) is 27.0. The Labute approximate surface area is 460 Å². The summed E-state index contributed by atoms with van der Waals surface area (Å²) < 4.78 is 2.37. The monoisotopic (exact) mass is 1010 g/mol. The number of hydrogen-bond acceptors (Lipinski definition) is 3. The van der Waals surface area contributed by atoms with Gasteiger partial charge < -0.3 is 9.88 Å². The number of benzene rings is 12. The number of fused-ring (bicyclic) bond motifs is 3. The van der Waals surface area contributed by atoms with Gasteiger partial charge in [0, 0.05) is 27.6 Å². The van der Waals surface area contributed by atoms with Gasteiger partial charge in [0.1, 0.15) is 12.0 Å². The van der Waals surface area contributed by atoms with Gasteiger partial charge in [-0.25, -0.2) is 9.98 Å². The molecule has 14 rings (SSSR count). The molecule has 1 aliphatic rings. The van der Waals surface area contributed by atoms with Gasteiger partial charge in [0.05, 0.1) is 11.0 Å². The Balaban J connectivity index is 0.777. The molecule has 0 spiro atoms. The average molecular weight is 1010 g/mol. The molecule has 0 aliphatic carbocycles. The molecule has 1 N–H and O–H groups in total. The summed E-state index contributed by atoms with van der Waals surface area (Å²) in [6.07, 6.45) is -0.380. The third-order valence-corrected chi connectivity index (χ3v) is 15.3. The van der Waals surface area contributed by atoms with Crippen molar-refractivity contribution in [3.05, 3.63) is 320 Å². The molecule has 4 nitrogen and oxygen atoms in total. The van der Waals surface area contributed by atoms with Crippen LogP contribution in [0, 0.1) is 0 Å². The van der Waals surface area contributed by atoms with Crippen LogP contribution in [-0.4, -0.2) is 16.2 Å². The maximum absolute atomic E-state index is 5.34. The predicted molar refractivity (Wildman–Crippen MR) is 331 cm³/mol. The van der Waals surface area contributed by atoms with E-state index in [0.717, 1.165) is 61.6 Å². The van der Waals surface area contributed by atoms with Crippen molar-refractivity contribution in [1.82, 2.24) is 9.88 Å². The minimum absolute atomic E-state index is 0.380. The standard InChI is InChI=1S/C75H52N4/c1-3-16-51(17-4-1)59-20-11-24-63(46-59)65-26-13-22-61(48-65)53-34-40-56(41-35-53)73-76-74(57-42-36-54(37-43-57)62-23-14-27-66(49-62)64-25-12-21-60(47-64)52-18-5-2-6-19-52)78-75(77-73)58-44-38-55(39-45-58)67-28-15-29-68(50-67)79-71-32-9-7-30-69(71)70-31-8-10-33-72(70)79/h1-50,73H,(H,76,77,78). The van der Waals surface area contributed by atoms with Crippen molar-refractivity contribution in [3.8, 4) is 83.6 Å². The van der Waals surface area contributed by atoms with Crippen LogP contribution >= 0.6 is 0 Å². The second kappa shape index (κ2) is 20.6. The number of rotatable bonds is 11. The smallest absolute Gasteiger partial charge is 0.159 e. The molecule has 2 heterocycles. The highest BCUT2D eigenvalue weighted by Gasteiger charge is 2.22. The van der Waals surface area contributed by atoms with Crippen LogP contribution in [-0.2, 0) is 0 Å². The number of amidine groups is 2. The molecule has 1 atom stereocenters. The van der Waals surface area contributed by atoms with Crippen LogP contribution in [0.5, 0.6) is 0 Å². The average Bonchev–Trinajstić information content (AvgIpc) is 3.89. The number of para-hydroxylation sites is 2. The van der Waals surface area contributed by atoms with E-state index in [9.17, 15) is 0 Å². The molecule has 1 unspecified atom stereocenters. The van der Waals surface area contributed by atoms with E-state index in [4.69, 9.17) is 9.98 Å². The Morgan fingerprint density at radius 3 is 1.05 bits per heavy atom.